The summed E-state index contributed by atoms with van der Waals surface area (Å²) in [5.41, 5.74) is 0.516. The van der Waals surface area contributed by atoms with Crippen molar-refractivity contribution in [2.24, 2.45) is 0 Å². The minimum Gasteiger partial charge on any atom is -0.744 e. The van der Waals surface area contributed by atoms with Gasteiger partial charge in [-0.05, 0) is 55.0 Å². The summed E-state index contributed by atoms with van der Waals surface area (Å²) in [5.74, 6) is -1.08. The van der Waals surface area contributed by atoms with Gasteiger partial charge in [0.05, 0.1) is 22.6 Å². The van der Waals surface area contributed by atoms with Gasteiger partial charge in [0.15, 0.2) is 0 Å². The average molecular weight is 386 g/mol. The molecule has 0 aromatic heterocycles. The maximum absolute atomic E-state index is 12.0. The summed E-state index contributed by atoms with van der Waals surface area (Å²) in [5, 5.41) is 0. The average Bonchev–Trinajstić information content (AvgIpc) is 2.59. The smallest absolute Gasteiger partial charge is 0.744 e. The van der Waals surface area contributed by atoms with E-state index in [9.17, 15) is 22.6 Å². The van der Waals surface area contributed by atoms with E-state index in [0.717, 1.165) is 12.1 Å². The molecule has 7 nitrogen and oxygen atoms in total. The molecule has 0 spiro atoms. The van der Waals surface area contributed by atoms with Crippen molar-refractivity contribution < 1.29 is 61.6 Å². The molecule has 0 atom stereocenters. The summed E-state index contributed by atoms with van der Waals surface area (Å²) in [6.07, 6.45) is 0.711. The molecule has 0 heterocycles. The Morgan fingerprint density at radius 2 is 1.42 bits per heavy atom. The molecule has 0 N–H and O–H groups in total. The van der Waals surface area contributed by atoms with E-state index < -0.39 is 27.0 Å². The Morgan fingerprint density at radius 1 is 0.923 bits per heavy atom. The van der Waals surface area contributed by atoms with E-state index in [0.29, 0.717) is 18.6 Å². The minimum absolute atomic E-state index is 0. The third-order valence-electron chi connectivity index (χ3n) is 3.12. The Balaban J connectivity index is 0.00000338. The van der Waals surface area contributed by atoms with Crippen molar-refractivity contribution in [2.75, 3.05) is 6.61 Å². The van der Waals surface area contributed by atoms with Gasteiger partial charge >= 0.3 is 41.5 Å². The zero-order valence-electron chi connectivity index (χ0n) is 14.3. The van der Waals surface area contributed by atoms with E-state index in [1.54, 1.807) is 0 Å². The van der Waals surface area contributed by atoms with Gasteiger partial charge in [0.1, 0.15) is 15.9 Å². The van der Waals surface area contributed by atoms with Crippen molar-refractivity contribution in [2.45, 2.75) is 18.2 Å². The van der Waals surface area contributed by atoms with E-state index >= 15 is 0 Å². The Kier molecular flexibility index (Phi) is 8.45. The zero-order chi connectivity index (χ0) is 18.4. The van der Waals surface area contributed by atoms with Gasteiger partial charge in [-0.15, -0.1) is 0 Å². The van der Waals surface area contributed by atoms with Gasteiger partial charge in [-0.1, -0.05) is 6.92 Å². The van der Waals surface area contributed by atoms with Crippen molar-refractivity contribution in [1.29, 1.82) is 0 Å². The molecule has 0 amide bonds. The van der Waals surface area contributed by atoms with Crippen LogP contribution in [0.1, 0.15) is 34.1 Å². The maximum Gasteiger partial charge on any atom is 1.00 e. The molecule has 0 saturated carbocycles. The first-order valence-electron chi connectivity index (χ1n) is 7.36. The van der Waals surface area contributed by atoms with Crippen molar-refractivity contribution in [1.82, 2.24) is 0 Å². The van der Waals surface area contributed by atoms with E-state index in [1.165, 1.54) is 36.4 Å². The molecule has 0 unspecified atom stereocenters. The van der Waals surface area contributed by atoms with E-state index in [2.05, 4.69) is 0 Å². The minimum atomic E-state index is -4.55. The zero-order valence-corrected chi connectivity index (χ0v) is 17.1. The first-order valence-corrected chi connectivity index (χ1v) is 8.77. The third-order valence-corrected chi connectivity index (χ3v) is 3.97. The molecule has 0 radical (unpaired) electrons. The van der Waals surface area contributed by atoms with Gasteiger partial charge in [-0.3, -0.25) is 0 Å². The van der Waals surface area contributed by atoms with Crippen molar-refractivity contribution >= 4 is 22.1 Å². The van der Waals surface area contributed by atoms with Crippen LogP contribution in [0.3, 0.4) is 0 Å². The molecule has 132 valence electrons. The topological polar surface area (TPSA) is 110 Å². The third kappa shape index (κ3) is 6.22. The molecule has 0 aliphatic heterocycles. The summed E-state index contributed by atoms with van der Waals surface area (Å²) in [7, 11) is -4.55. The van der Waals surface area contributed by atoms with Gasteiger partial charge < -0.3 is 14.0 Å². The van der Waals surface area contributed by atoms with Gasteiger partial charge in [0.2, 0.25) is 0 Å². The SMILES string of the molecule is CCCOC(=O)c1ccc(C(=O)Oc2ccc(S(=O)(=O)[O-])cc2)cc1.[Na+]. The molecule has 26 heavy (non-hydrogen) atoms. The van der Waals surface area contributed by atoms with Crippen molar-refractivity contribution in [3.8, 4) is 5.75 Å². The van der Waals surface area contributed by atoms with Crippen LogP contribution in [0, 0.1) is 0 Å². The fourth-order valence-corrected chi connectivity index (χ4v) is 2.33. The number of ether oxygens (including phenoxy) is 2. The summed E-state index contributed by atoms with van der Waals surface area (Å²) in [4.78, 5) is 23.3. The van der Waals surface area contributed by atoms with E-state index in [-0.39, 0.29) is 40.9 Å². The van der Waals surface area contributed by atoms with Crippen LogP contribution in [0.5, 0.6) is 5.75 Å². The fourth-order valence-electron chi connectivity index (χ4n) is 1.86. The van der Waals surface area contributed by atoms with Crippen LogP contribution >= 0.6 is 0 Å². The maximum atomic E-state index is 12.0. The van der Waals surface area contributed by atoms with Crippen LogP contribution < -0.4 is 34.3 Å². The summed E-state index contributed by atoms with van der Waals surface area (Å²) in [6, 6.07) is 10.2. The van der Waals surface area contributed by atoms with Crippen molar-refractivity contribution in [3.05, 3.63) is 59.7 Å². The molecule has 9 heteroatoms. The second kappa shape index (κ2) is 9.84. The number of benzene rings is 2. The van der Waals surface area contributed by atoms with Crippen LogP contribution in [-0.4, -0.2) is 31.5 Å². The van der Waals surface area contributed by atoms with Crippen LogP contribution in [0.2, 0.25) is 0 Å². The Labute approximate surface area is 173 Å². The normalized spacial score (nSPS) is 10.5. The van der Waals surface area contributed by atoms with Crippen LogP contribution in [0.4, 0.5) is 0 Å². The predicted octanol–water partition coefficient (Wildman–Crippen LogP) is -0.619. The number of rotatable bonds is 6. The Hall–Kier alpha value is -1.71. The second-order valence-corrected chi connectivity index (χ2v) is 6.41. The molecule has 2 aromatic carbocycles. The molecule has 0 fully saturated rings. The molecule has 0 saturated heterocycles. The second-order valence-electron chi connectivity index (χ2n) is 5.03. The number of hydrogen-bond acceptors (Lipinski definition) is 7. The molecule has 2 aromatic rings. The van der Waals surface area contributed by atoms with Gasteiger partial charge in [0.25, 0.3) is 0 Å². The van der Waals surface area contributed by atoms with Gasteiger partial charge in [-0.2, -0.15) is 0 Å². The van der Waals surface area contributed by atoms with Crippen LogP contribution in [0.15, 0.2) is 53.4 Å². The summed E-state index contributed by atoms with van der Waals surface area (Å²) in [6.45, 7) is 2.20. The van der Waals surface area contributed by atoms with Crippen LogP contribution in [0.25, 0.3) is 0 Å². The fraction of sp³-hybridized carbons (Fsp3) is 0.176. The van der Waals surface area contributed by atoms with E-state index in [1.807, 2.05) is 6.92 Å². The summed E-state index contributed by atoms with van der Waals surface area (Å²) < 4.78 is 42.6. The molecule has 0 aliphatic carbocycles. The van der Waals surface area contributed by atoms with Gasteiger partial charge in [0, 0.05) is 0 Å². The number of carbonyl (C=O) groups is 2. The summed E-state index contributed by atoms with van der Waals surface area (Å²) >= 11 is 0. The van der Waals surface area contributed by atoms with Crippen molar-refractivity contribution in [3.63, 3.8) is 0 Å². The number of hydrogen-bond donors (Lipinski definition) is 0. The van der Waals surface area contributed by atoms with E-state index in [4.69, 9.17) is 9.47 Å². The largest absolute Gasteiger partial charge is 1.00 e. The van der Waals surface area contributed by atoms with Gasteiger partial charge in [-0.25, -0.2) is 18.0 Å². The Morgan fingerprint density at radius 3 is 1.88 bits per heavy atom. The Bertz CT molecular complexity index is 859. The monoisotopic (exact) mass is 386 g/mol. The quantitative estimate of drug-likeness (QED) is 0.282. The number of esters is 2. The standard InChI is InChI=1S/C17H16O7S.Na/c1-2-11-23-16(18)12-3-5-13(6-4-12)17(19)24-14-7-9-15(10-8-14)25(20,21)22;/h3-10H,2,11H2,1H3,(H,20,21,22);/q;+1/p-1. The first-order chi connectivity index (χ1) is 11.8. The van der Waals surface area contributed by atoms with Crippen LogP contribution in [-0.2, 0) is 14.9 Å². The molecular formula is C17H15NaO7S. The first kappa shape index (κ1) is 22.3. The predicted molar refractivity (Wildman–Crippen MR) is 86.4 cm³/mol. The molecule has 2 rings (SSSR count). The molecular weight excluding hydrogens is 371 g/mol. The molecule has 0 aliphatic rings. The molecule has 0 bridgehead atoms. The number of carbonyl (C=O) groups excluding carboxylic acids is 2.